The number of piperidine rings is 1. The number of rotatable bonds is 5. The quantitative estimate of drug-likeness (QED) is 0.825. The third-order valence-electron chi connectivity index (χ3n) is 4.28. The Morgan fingerprint density at radius 1 is 1.57 bits per heavy atom. The zero-order valence-corrected chi connectivity index (χ0v) is 13.2. The number of nitrogens with two attached hydrogens (primary N) is 1. The van der Waals surface area contributed by atoms with Crippen molar-refractivity contribution in [2.45, 2.75) is 39.3 Å². The number of aryl methyl sites for hydroxylation is 1. The molecule has 1 aromatic heterocycles. The van der Waals surface area contributed by atoms with Gasteiger partial charge in [0.1, 0.15) is 5.56 Å². The molecule has 1 aliphatic rings. The summed E-state index contributed by atoms with van der Waals surface area (Å²) in [7, 11) is 1.86. The Bertz CT molecular complexity index is 486. The van der Waals surface area contributed by atoms with E-state index in [0.29, 0.717) is 37.2 Å². The van der Waals surface area contributed by atoms with Crippen molar-refractivity contribution < 1.29 is 9.53 Å². The Labute approximate surface area is 126 Å². The molecule has 118 valence electrons. The number of ether oxygens (including phenoxy) is 1. The van der Waals surface area contributed by atoms with Crippen molar-refractivity contribution in [1.29, 1.82) is 0 Å². The van der Waals surface area contributed by atoms with Gasteiger partial charge >= 0.3 is 5.97 Å². The third-order valence-corrected chi connectivity index (χ3v) is 4.28. The molecular formula is C15H26N4O2. The molecule has 2 atom stereocenters. The number of carbonyl (C=O) groups is 1. The minimum atomic E-state index is -0.296. The van der Waals surface area contributed by atoms with Gasteiger partial charge in [0.25, 0.3) is 0 Å². The zero-order chi connectivity index (χ0) is 15.4. The predicted octanol–water partition coefficient (Wildman–Crippen LogP) is 1.16. The maximum atomic E-state index is 12.0. The minimum Gasteiger partial charge on any atom is -0.462 e. The van der Waals surface area contributed by atoms with E-state index >= 15 is 0 Å². The van der Waals surface area contributed by atoms with Crippen molar-refractivity contribution in [2.75, 3.05) is 19.7 Å². The molecule has 1 fully saturated rings. The molecule has 1 saturated heterocycles. The monoisotopic (exact) mass is 294 g/mol. The number of hydrogen-bond acceptors (Lipinski definition) is 5. The normalized spacial score (nSPS) is 23.2. The Balaban J connectivity index is 2.15. The van der Waals surface area contributed by atoms with E-state index in [9.17, 15) is 4.79 Å². The zero-order valence-electron chi connectivity index (χ0n) is 13.2. The molecule has 0 saturated carbocycles. The van der Waals surface area contributed by atoms with Gasteiger partial charge in [-0.3, -0.25) is 9.58 Å². The first-order valence-electron chi connectivity index (χ1n) is 7.68. The second-order valence-electron chi connectivity index (χ2n) is 5.84. The highest BCUT2D eigenvalue weighted by molar-refractivity contribution is 5.90. The van der Waals surface area contributed by atoms with Crippen molar-refractivity contribution >= 4 is 5.97 Å². The predicted molar refractivity (Wildman–Crippen MR) is 80.8 cm³/mol. The van der Waals surface area contributed by atoms with Gasteiger partial charge in [-0.1, -0.05) is 6.92 Å². The highest BCUT2D eigenvalue weighted by atomic mass is 16.5. The summed E-state index contributed by atoms with van der Waals surface area (Å²) in [5, 5.41) is 4.21. The van der Waals surface area contributed by atoms with Gasteiger partial charge in [-0.15, -0.1) is 0 Å². The lowest BCUT2D eigenvalue weighted by atomic mass is 9.92. The standard InChI is InChI=1S/C15H26N4O2/c1-4-21-15(20)13-9-17-18(3)14(13)10-19-6-5-11(2)7-12(19)8-16/h9,11-12H,4-8,10,16H2,1-3H3. The first kappa shape index (κ1) is 16.0. The number of hydrogen-bond donors (Lipinski definition) is 1. The van der Waals surface area contributed by atoms with Gasteiger partial charge in [-0.05, 0) is 32.2 Å². The van der Waals surface area contributed by atoms with E-state index in [-0.39, 0.29) is 5.97 Å². The largest absolute Gasteiger partial charge is 0.462 e. The van der Waals surface area contributed by atoms with Crippen LogP contribution >= 0.6 is 0 Å². The van der Waals surface area contributed by atoms with Gasteiger partial charge in [0.05, 0.1) is 18.5 Å². The molecule has 21 heavy (non-hydrogen) atoms. The summed E-state index contributed by atoms with van der Waals surface area (Å²) >= 11 is 0. The molecule has 0 radical (unpaired) electrons. The Morgan fingerprint density at radius 2 is 2.33 bits per heavy atom. The molecule has 0 aromatic carbocycles. The molecule has 1 aromatic rings. The van der Waals surface area contributed by atoms with Crippen molar-refractivity contribution in [3.8, 4) is 0 Å². The first-order chi connectivity index (χ1) is 10.1. The van der Waals surface area contributed by atoms with Gasteiger partial charge in [-0.2, -0.15) is 5.10 Å². The molecular weight excluding hydrogens is 268 g/mol. The van der Waals surface area contributed by atoms with Crippen LogP contribution < -0.4 is 5.73 Å². The molecule has 2 heterocycles. The summed E-state index contributed by atoms with van der Waals surface area (Å²) < 4.78 is 6.87. The molecule has 0 amide bonds. The number of likely N-dealkylation sites (tertiary alicyclic amines) is 1. The lowest BCUT2D eigenvalue weighted by molar-refractivity contribution is 0.0520. The molecule has 1 aliphatic heterocycles. The van der Waals surface area contributed by atoms with Crippen LogP contribution in [0.2, 0.25) is 0 Å². The van der Waals surface area contributed by atoms with E-state index in [2.05, 4.69) is 16.9 Å². The van der Waals surface area contributed by atoms with Crippen molar-refractivity contribution in [3.63, 3.8) is 0 Å². The maximum Gasteiger partial charge on any atom is 0.341 e. The first-order valence-corrected chi connectivity index (χ1v) is 7.68. The Morgan fingerprint density at radius 3 is 3.00 bits per heavy atom. The number of esters is 1. The van der Waals surface area contributed by atoms with Crippen LogP contribution in [0, 0.1) is 5.92 Å². The average Bonchev–Trinajstić information content (AvgIpc) is 2.82. The van der Waals surface area contributed by atoms with E-state index in [1.807, 2.05) is 14.0 Å². The smallest absolute Gasteiger partial charge is 0.341 e. The molecule has 6 heteroatoms. The molecule has 0 aliphatic carbocycles. The maximum absolute atomic E-state index is 12.0. The SMILES string of the molecule is CCOC(=O)c1cnn(C)c1CN1CCC(C)CC1CN. The number of nitrogens with zero attached hydrogens (tertiary/aromatic N) is 3. The van der Waals surface area contributed by atoms with E-state index in [1.54, 1.807) is 10.9 Å². The molecule has 2 unspecified atom stereocenters. The molecule has 2 rings (SSSR count). The van der Waals surface area contributed by atoms with Crippen LogP contribution in [0.5, 0.6) is 0 Å². The van der Waals surface area contributed by atoms with Gasteiger partial charge in [0, 0.05) is 26.2 Å². The molecule has 0 bridgehead atoms. The van der Waals surface area contributed by atoms with Crippen LogP contribution in [0.4, 0.5) is 0 Å². The van der Waals surface area contributed by atoms with Crippen LogP contribution in [0.25, 0.3) is 0 Å². The summed E-state index contributed by atoms with van der Waals surface area (Å²) in [5.74, 6) is 0.418. The molecule has 6 nitrogen and oxygen atoms in total. The fourth-order valence-corrected chi connectivity index (χ4v) is 2.98. The second-order valence-corrected chi connectivity index (χ2v) is 5.84. The summed E-state index contributed by atoms with van der Waals surface area (Å²) in [6.45, 7) is 6.81. The van der Waals surface area contributed by atoms with Crippen LogP contribution in [0.15, 0.2) is 6.20 Å². The number of carbonyl (C=O) groups excluding carboxylic acids is 1. The minimum absolute atomic E-state index is 0.296. The van der Waals surface area contributed by atoms with Crippen LogP contribution in [0.1, 0.15) is 42.7 Å². The van der Waals surface area contributed by atoms with E-state index < -0.39 is 0 Å². The topological polar surface area (TPSA) is 73.4 Å². The van der Waals surface area contributed by atoms with Crippen LogP contribution in [-0.4, -0.2) is 46.4 Å². The van der Waals surface area contributed by atoms with Gasteiger partial charge in [0.15, 0.2) is 0 Å². The average molecular weight is 294 g/mol. The van der Waals surface area contributed by atoms with Crippen LogP contribution in [-0.2, 0) is 18.3 Å². The molecule has 2 N–H and O–H groups in total. The Kier molecular flexibility index (Phi) is 5.36. The highest BCUT2D eigenvalue weighted by Gasteiger charge is 2.28. The lowest BCUT2D eigenvalue weighted by Gasteiger charge is -2.38. The highest BCUT2D eigenvalue weighted by Crippen LogP contribution is 2.24. The van der Waals surface area contributed by atoms with E-state index in [0.717, 1.165) is 18.7 Å². The van der Waals surface area contributed by atoms with Gasteiger partial charge in [-0.25, -0.2) is 4.79 Å². The fourth-order valence-electron chi connectivity index (χ4n) is 2.98. The summed E-state index contributed by atoms with van der Waals surface area (Å²) in [5.41, 5.74) is 7.38. The summed E-state index contributed by atoms with van der Waals surface area (Å²) in [6.07, 6.45) is 3.88. The third kappa shape index (κ3) is 3.63. The van der Waals surface area contributed by atoms with E-state index in [4.69, 9.17) is 10.5 Å². The number of aromatic nitrogens is 2. The fraction of sp³-hybridized carbons (Fsp3) is 0.733. The van der Waals surface area contributed by atoms with Gasteiger partial charge in [0.2, 0.25) is 0 Å². The van der Waals surface area contributed by atoms with Crippen molar-refractivity contribution in [3.05, 3.63) is 17.5 Å². The van der Waals surface area contributed by atoms with Crippen molar-refractivity contribution in [1.82, 2.24) is 14.7 Å². The summed E-state index contributed by atoms with van der Waals surface area (Å²) in [6, 6.07) is 0.374. The van der Waals surface area contributed by atoms with Gasteiger partial charge < -0.3 is 10.5 Å². The van der Waals surface area contributed by atoms with Crippen LogP contribution in [0.3, 0.4) is 0 Å². The second kappa shape index (κ2) is 7.04. The Hall–Kier alpha value is -1.40. The molecule has 0 spiro atoms. The lowest BCUT2D eigenvalue weighted by Crippen LogP contribution is -2.46. The summed E-state index contributed by atoms with van der Waals surface area (Å²) in [4.78, 5) is 14.4. The van der Waals surface area contributed by atoms with Crippen molar-refractivity contribution in [2.24, 2.45) is 18.7 Å². The van der Waals surface area contributed by atoms with E-state index in [1.165, 1.54) is 6.42 Å².